The summed E-state index contributed by atoms with van der Waals surface area (Å²) in [6, 6.07) is 4.64. The fourth-order valence-electron chi connectivity index (χ4n) is 2.97. The molecule has 4 rings (SSSR count). The molecule has 2 aliphatic rings. The van der Waals surface area contributed by atoms with Gasteiger partial charge >= 0.3 is 11.4 Å². The number of hydrogen-bond acceptors (Lipinski definition) is 2. The average molecular weight is 310 g/mol. The zero-order chi connectivity index (χ0) is 14.0. The number of benzene rings is 1. The van der Waals surface area contributed by atoms with Gasteiger partial charge in [0.25, 0.3) is 0 Å². The van der Waals surface area contributed by atoms with Crippen molar-refractivity contribution < 1.29 is 0 Å². The van der Waals surface area contributed by atoms with Gasteiger partial charge in [0, 0.05) is 5.02 Å². The summed E-state index contributed by atoms with van der Waals surface area (Å²) in [5, 5.41) is 0.738. The molecule has 5 nitrogen and oxygen atoms in total. The van der Waals surface area contributed by atoms with Crippen LogP contribution >= 0.6 is 23.2 Å². The topological polar surface area (TPSA) is 48.9 Å². The maximum Gasteiger partial charge on any atom is 0.352 e. The molecular formula is C13H9Cl2N3O2. The fourth-order valence-corrected chi connectivity index (χ4v) is 3.46. The zero-order valence-electron chi connectivity index (χ0n) is 10.2. The third-order valence-corrected chi connectivity index (χ3v) is 4.36. The van der Waals surface area contributed by atoms with Gasteiger partial charge in [-0.3, -0.25) is 0 Å². The first-order chi connectivity index (χ1) is 9.58. The van der Waals surface area contributed by atoms with Crippen molar-refractivity contribution in [2.75, 3.05) is 0 Å². The van der Waals surface area contributed by atoms with Crippen LogP contribution in [0.25, 0.3) is 5.69 Å². The molecule has 1 aliphatic carbocycles. The molecule has 1 aromatic heterocycles. The van der Waals surface area contributed by atoms with Crippen LogP contribution in [0.5, 0.6) is 0 Å². The van der Waals surface area contributed by atoms with E-state index in [-0.39, 0.29) is 28.5 Å². The molecule has 2 unspecified atom stereocenters. The second kappa shape index (κ2) is 3.90. The Bertz CT molecular complexity index is 831. The van der Waals surface area contributed by atoms with Gasteiger partial charge in [0.05, 0.1) is 22.8 Å². The molecule has 0 radical (unpaired) electrons. The molecule has 1 aromatic carbocycles. The number of nitrogens with zero attached hydrogens (tertiary/aromatic N) is 3. The molecule has 20 heavy (non-hydrogen) atoms. The summed E-state index contributed by atoms with van der Waals surface area (Å²) in [5.41, 5.74) is -0.369. The van der Waals surface area contributed by atoms with E-state index in [0.29, 0.717) is 10.7 Å². The predicted molar refractivity (Wildman–Crippen MR) is 76.1 cm³/mol. The highest BCUT2D eigenvalue weighted by Crippen LogP contribution is 2.36. The summed E-state index contributed by atoms with van der Waals surface area (Å²) in [6.07, 6.45) is 4.69. The number of aromatic nitrogens is 3. The van der Waals surface area contributed by atoms with Gasteiger partial charge in [-0.1, -0.05) is 35.4 Å². The van der Waals surface area contributed by atoms with Crippen molar-refractivity contribution in [3.05, 3.63) is 61.4 Å². The van der Waals surface area contributed by atoms with E-state index in [0.717, 1.165) is 11.0 Å². The van der Waals surface area contributed by atoms with Gasteiger partial charge in [0.2, 0.25) is 0 Å². The molecule has 102 valence electrons. The summed E-state index contributed by atoms with van der Waals surface area (Å²) in [5.74, 6) is 0. The van der Waals surface area contributed by atoms with Gasteiger partial charge < -0.3 is 0 Å². The molecule has 0 amide bonds. The summed E-state index contributed by atoms with van der Waals surface area (Å²) in [7, 11) is 0. The predicted octanol–water partition coefficient (Wildman–Crippen LogP) is 2.16. The minimum atomic E-state index is -0.365. The summed E-state index contributed by atoms with van der Waals surface area (Å²) >= 11 is 11.9. The highest BCUT2D eigenvalue weighted by atomic mass is 35.5. The summed E-state index contributed by atoms with van der Waals surface area (Å²) in [4.78, 5) is 25.0. The van der Waals surface area contributed by atoms with Gasteiger partial charge in [-0.15, -0.1) is 0 Å². The van der Waals surface area contributed by atoms with Crippen LogP contribution in [0.15, 0.2) is 39.9 Å². The molecule has 1 aliphatic heterocycles. The first kappa shape index (κ1) is 12.1. The van der Waals surface area contributed by atoms with Crippen LogP contribution in [0.2, 0.25) is 10.0 Å². The van der Waals surface area contributed by atoms with E-state index in [1.54, 1.807) is 12.1 Å². The largest absolute Gasteiger partial charge is 0.352 e. The highest BCUT2D eigenvalue weighted by Gasteiger charge is 2.37. The molecule has 2 heterocycles. The molecule has 2 atom stereocenters. The van der Waals surface area contributed by atoms with Crippen LogP contribution in [0.4, 0.5) is 0 Å². The van der Waals surface area contributed by atoms with Crippen molar-refractivity contribution in [2.45, 2.75) is 18.5 Å². The molecule has 2 bridgehead atoms. The number of rotatable bonds is 1. The van der Waals surface area contributed by atoms with Crippen molar-refractivity contribution in [2.24, 2.45) is 0 Å². The van der Waals surface area contributed by atoms with Crippen LogP contribution < -0.4 is 11.4 Å². The Labute approximate surface area is 123 Å². The average Bonchev–Trinajstić information content (AvgIpc) is 3.06. The third kappa shape index (κ3) is 1.39. The third-order valence-electron chi connectivity index (χ3n) is 3.82. The molecule has 2 aromatic rings. The van der Waals surface area contributed by atoms with Crippen molar-refractivity contribution >= 4 is 23.2 Å². The first-order valence-corrected chi connectivity index (χ1v) is 6.93. The maximum absolute atomic E-state index is 12.5. The van der Waals surface area contributed by atoms with Crippen LogP contribution in [0.1, 0.15) is 18.5 Å². The lowest BCUT2D eigenvalue weighted by Gasteiger charge is -2.07. The van der Waals surface area contributed by atoms with Crippen molar-refractivity contribution in [3.8, 4) is 5.69 Å². The lowest BCUT2D eigenvalue weighted by atomic mass is 10.2. The highest BCUT2D eigenvalue weighted by molar-refractivity contribution is 6.35. The molecule has 0 fully saturated rings. The molecular weight excluding hydrogens is 301 g/mol. The van der Waals surface area contributed by atoms with E-state index in [1.807, 2.05) is 12.2 Å². The second-order valence-corrected chi connectivity index (χ2v) is 5.78. The standard InChI is InChI=1S/C13H9Cl2N3O2/c14-7-1-4-11(10(15)5-7)16-12(19)17-8-2-3-9(6-8)18(17)13(16)20/h1-5,8-9H,6H2. The minimum absolute atomic E-state index is 0.0347. The van der Waals surface area contributed by atoms with E-state index in [9.17, 15) is 9.59 Å². The Hall–Kier alpha value is -1.72. The van der Waals surface area contributed by atoms with Crippen LogP contribution in [0.3, 0.4) is 0 Å². The molecule has 0 N–H and O–H groups in total. The van der Waals surface area contributed by atoms with Crippen LogP contribution in [-0.4, -0.2) is 13.9 Å². The second-order valence-electron chi connectivity index (χ2n) is 4.94. The van der Waals surface area contributed by atoms with Crippen LogP contribution in [0, 0.1) is 0 Å². The maximum atomic E-state index is 12.5. The van der Waals surface area contributed by atoms with Crippen molar-refractivity contribution in [1.82, 2.24) is 13.9 Å². The number of halogens is 2. The van der Waals surface area contributed by atoms with E-state index >= 15 is 0 Å². The van der Waals surface area contributed by atoms with Gasteiger partial charge in [-0.25, -0.2) is 23.5 Å². The zero-order valence-corrected chi connectivity index (χ0v) is 11.7. The quantitative estimate of drug-likeness (QED) is 0.758. The number of hydrogen-bond donors (Lipinski definition) is 0. The van der Waals surface area contributed by atoms with Crippen molar-refractivity contribution in [1.29, 1.82) is 0 Å². The minimum Gasteiger partial charge on any atom is -0.245 e. The summed E-state index contributed by atoms with van der Waals surface area (Å²) in [6.45, 7) is 0. The Morgan fingerprint density at radius 2 is 1.60 bits per heavy atom. The SMILES string of the molecule is O=c1n(-c2ccc(Cl)cc2Cl)c(=O)n2n1C1C=CC2C1. The molecule has 0 saturated carbocycles. The van der Waals surface area contributed by atoms with Crippen molar-refractivity contribution in [3.63, 3.8) is 0 Å². The first-order valence-electron chi connectivity index (χ1n) is 6.18. The Morgan fingerprint density at radius 3 is 2.15 bits per heavy atom. The summed E-state index contributed by atoms with van der Waals surface area (Å²) < 4.78 is 4.10. The normalized spacial score (nSPS) is 22.5. The Balaban J connectivity index is 2.02. The fraction of sp³-hybridized carbons (Fsp3) is 0.231. The van der Waals surface area contributed by atoms with Crippen LogP contribution in [-0.2, 0) is 0 Å². The van der Waals surface area contributed by atoms with E-state index in [4.69, 9.17) is 23.2 Å². The van der Waals surface area contributed by atoms with E-state index < -0.39 is 0 Å². The van der Waals surface area contributed by atoms with E-state index in [1.165, 1.54) is 15.4 Å². The molecule has 0 saturated heterocycles. The van der Waals surface area contributed by atoms with Gasteiger partial charge in [-0.05, 0) is 24.6 Å². The molecule has 7 heteroatoms. The lowest BCUT2D eigenvalue weighted by molar-refractivity contribution is 0.505. The lowest BCUT2D eigenvalue weighted by Crippen LogP contribution is -2.29. The van der Waals surface area contributed by atoms with E-state index in [2.05, 4.69) is 0 Å². The smallest absolute Gasteiger partial charge is 0.245 e. The Morgan fingerprint density at radius 1 is 1.00 bits per heavy atom. The van der Waals surface area contributed by atoms with Gasteiger partial charge in [-0.2, -0.15) is 0 Å². The monoisotopic (exact) mass is 309 g/mol. The number of allylic oxidation sites excluding steroid dienone is 2. The molecule has 0 spiro atoms. The number of fused-ring (bicyclic) bond motifs is 5. The Kier molecular flexibility index (Phi) is 2.35. The van der Waals surface area contributed by atoms with Gasteiger partial charge in [0.1, 0.15) is 0 Å². The van der Waals surface area contributed by atoms with Gasteiger partial charge in [0.15, 0.2) is 0 Å².